The number of esters is 2. The van der Waals surface area contributed by atoms with Gasteiger partial charge in [0.15, 0.2) is 0 Å². The molecule has 2 atom stereocenters. The fraction of sp³-hybridized carbons (Fsp3) is 0.333. The monoisotopic (exact) mass is 1020 g/mol. The number of amides is 3. The zero-order valence-corrected chi connectivity index (χ0v) is 40.7. The third-order valence-corrected chi connectivity index (χ3v) is 13.0. The summed E-state index contributed by atoms with van der Waals surface area (Å²) in [4.78, 5) is 77.4. The van der Waals surface area contributed by atoms with Crippen molar-refractivity contribution in [3.63, 3.8) is 0 Å². The molecule has 0 bridgehead atoms. The number of anilines is 2. The summed E-state index contributed by atoms with van der Waals surface area (Å²) in [5.41, 5.74) is 10.2. The fourth-order valence-corrected chi connectivity index (χ4v) is 8.54. The number of carboxylic acid groups (broad SMARTS) is 1. The second-order valence-corrected chi connectivity index (χ2v) is 18.0. The summed E-state index contributed by atoms with van der Waals surface area (Å²) in [7, 11) is 3.64. The minimum absolute atomic E-state index is 0. The van der Waals surface area contributed by atoms with Crippen molar-refractivity contribution in [1.29, 1.82) is 0 Å². The number of hydrogen-bond donors (Lipinski definition) is 3. The number of rotatable bonds is 15. The topological polar surface area (TPSA) is 183 Å². The first-order valence-electron chi connectivity index (χ1n) is 21.9. The van der Waals surface area contributed by atoms with Crippen molar-refractivity contribution in [2.45, 2.75) is 58.0 Å². The number of cyclic esters (lactones) is 2. The molecule has 7 rings (SSSR count). The highest BCUT2D eigenvalue weighted by molar-refractivity contribution is 6.42. The van der Waals surface area contributed by atoms with Gasteiger partial charge in [-0.3, -0.25) is 14.4 Å². The summed E-state index contributed by atoms with van der Waals surface area (Å²) < 4.78 is 3.97. The van der Waals surface area contributed by atoms with Crippen molar-refractivity contribution in [3.05, 3.63) is 152 Å². The van der Waals surface area contributed by atoms with Gasteiger partial charge in [0.25, 0.3) is 0 Å². The van der Waals surface area contributed by atoms with Crippen LogP contribution in [-0.2, 0) is 46.3 Å². The summed E-state index contributed by atoms with van der Waals surface area (Å²) in [6.07, 6.45) is 8.72. The number of nitrogens with two attached hydrogens (primary N) is 1. The lowest BCUT2D eigenvalue weighted by Crippen LogP contribution is -2.39. The zero-order chi connectivity index (χ0) is 49.3. The number of ether oxygens (including phenoxy) is 1. The highest BCUT2D eigenvalue weighted by atomic mass is 35.5. The molecule has 2 saturated heterocycles. The van der Waals surface area contributed by atoms with E-state index in [1.807, 2.05) is 60.5 Å². The third-order valence-electron chi connectivity index (χ3n) is 11.6. The lowest BCUT2D eigenvalue weighted by molar-refractivity contribution is -0.150. The SMILES string of the molecule is C.CN(C(=O)Cc1cc(Cl)c(Cl)cc1N)[C@H](CN1CCCC1)c1ccccc1.CN(C(=O)Cc1cc(Cl)c(Cl)cc1NC(=O)/C=C\C(=O)O)[C@H](CN1CCCC1)c1ccccc1.O=C1C=CC(=O)O1. The van der Waals surface area contributed by atoms with Gasteiger partial charge < -0.3 is 40.5 Å². The van der Waals surface area contributed by atoms with Gasteiger partial charge in [-0.15, -0.1) is 0 Å². The molecule has 0 aromatic heterocycles. The van der Waals surface area contributed by atoms with Crippen molar-refractivity contribution < 1.29 is 38.6 Å². The van der Waals surface area contributed by atoms with Crippen LogP contribution in [0.15, 0.2) is 109 Å². The number of benzene rings is 4. The molecule has 0 aliphatic carbocycles. The maximum atomic E-state index is 13.4. The minimum atomic E-state index is -1.24. The summed E-state index contributed by atoms with van der Waals surface area (Å²) in [5.74, 6) is -3.20. The highest BCUT2D eigenvalue weighted by Gasteiger charge is 2.28. The summed E-state index contributed by atoms with van der Waals surface area (Å²) >= 11 is 24.4. The second kappa shape index (κ2) is 27.4. The number of nitrogen functional groups attached to an aromatic ring is 1. The van der Waals surface area contributed by atoms with E-state index in [0.717, 1.165) is 87.5 Å². The van der Waals surface area contributed by atoms with E-state index in [1.165, 1.54) is 18.9 Å². The number of hydrogen-bond acceptors (Lipinski definition) is 10. The molecule has 4 aromatic rings. The number of halogens is 4. The van der Waals surface area contributed by atoms with Gasteiger partial charge in [-0.1, -0.05) is 114 Å². The molecule has 4 N–H and O–H groups in total. The van der Waals surface area contributed by atoms with Gasteiger partial charge in [0.1, 0.15) is 0 Å². The van der Waals surface area contributed by atoms with Crippen LogP contribution >= 0.6 is 46.4 Å². The molecular weight excluding hydrogens is 966 g/mol. The Hall–Kier alpha value is -5.74. The Kier molecular flexibility index (Phi) is 22.2. The van der Waals surface area contributed by atoms with Gasteiger partial charge in [0.2, 0.25) is 17.7 Å². The first-order valence-corrected chi connectivity index (χ1v) is 23.4. The molecular formula is C51H58Cl4N6O8. The zero-order valence-electron chi connectivity index (χ0n) is 37.7. The van der Waals surface area contributed by atoms with E-state index < -0.39 is 23.8 Å². The van der Waals surface area contributed by atoms with Gasteiger partial charge in [0, 0.05) is 62.9 Å². The smallest absolute Gasteiger partial charge is 0.338 e. The predicted octanol–water partition coefficient (Wildman–Crippen LogP) is 9.09. The molecule has 14 nitrogen and oxygen atoms in total. The number of nitrogens with zero attached hydrogens (tertiary/aromatic N) is 4. The summed E-state index contributed by atoms with van der Waals surface area (Å²) in [6.45, 7) is 5.77. The number of carboxylic acids is 1. The first-order chi connectivity index (χ1) is 32.5. The number of carbonyl (C=O) groups excluding carboxylic acids is 5. The van der Waals surface area contributed by atoms with Crippen molar-refractivity contribution in [2.24, 2.45) is 0 Å². The van der Waals surface area contributed by atoms with E-state index in [2.05, 4.69) is 32.0 Å². The van der Waals surface area contributed by atoms with E-state index in [0.29, 0.717) is 32.5 Å². The van der Waals surface area contributed by atoms with Crippen molar-refractivity contribution in [2.75, 3.05) is 64.4 Å². The Morgan fingerprint density at radius 3 is 1.49 bits per heavy atom. The summed E-state index contributed by atoms with van der Waals surface area (Å²) in [6, 6.07) is 26.2. The molecule has 69 heavy (non-hydrogen) atoms. The molecule has 0 unspecified atom stereocenters. The quantitative estimate of drug-likeness (QED) is 0.0447. The van der Waals surface area contributed by atoms with Crippen LogP contribution in [0, 0.1) is 0 Å². The number of likely N-dealkylation sites (tertiary alicyclic amines) is 2. The van der Waals surface area contributed by atoms with Gasteiger partial charge in [-0.05, 0) is 98.4 Å². The van der Waals surface area contributed by atoms with Crippen molar-refractivity contribution in [1.82, 2.24) is 19.6 Å². The van der Waals surface area contributed by atoms with Crippen LogP contribution in [0.1, 0.15) is 67.4 Å². The molecule has 368 valence electrons. The third kappa shape index (κ3) is 17.3. The van der Waals surface area contributed by atoms with Crippen molar-refractivity contribution in [3.8, 4) is 0 Å². The first kappa shape index (κ1) is 55.9. The Bertz CT molecular complexity index is 2470. The average molecular weight is 1020 g/mol. The highest BCUT2D eigenvalue weighted by Crippen LogP contribution is 2.32. The number of carbonyl (C=O) groups is 6. The van der Waals surface area contributed by atoms with E-state index >= 15 is 0 Å². The minimum Gasteiger partial charge on any atom is -0.478 e. The standard InChI is InChI=1S/C25H27Cl2N3O4.C21H25Cl2N3O.C4H2O3.CH4/c1-29(22(16-30-11-5-6-12-30)17-7-3-2-4-8-17)24(32)14-18-13-19(26)20(27)15-21(18)28-23(31)9-10-25(33)34;1-25(21(27)12-16-11-17(22)18(23)13-19(16)24)20(14-26-9-5-6-10-26)15-7-3-2-4-8-15;5-3-1-2-4(6)7-3;/h2-4,7-10,13,15,22H,5-6,11-12,14,16H2,1H3,(H,28,31)(H,33,34);2-4,7-8,11,13,20H,5-6,9-10,12,14,24H2,1H3;1-2H;1H4/b10-9-;;;/t22-;20-;;/m11../s1. The van der Waals surface area contributed by atoms with Gasteiger partial charge in [0.05, 0.1) is 45.0 Å². The largest absolute Gasteiger partial charge is 0.478 e. The number of aliphatic carboxylic acids is 1. The maximum absolute atomic E-state index is 13.4. The van der Waals surface area contributed by atoms with Crippen LogP contribution in [-0.4, -0.2) is 114 Å². The van der Waals surface area contributed by atoms with E-state index in [9.17, 15) is 28.8 Å². The molecule has 3 amide bonds. The second-order valence-electron chi connectivity index (χ2n) is 16.4. The number of nitrogens with one attached hydrogen (secondary N) is 1. The Balaban J connectivity index is 0.000000264. The Labute approximate surface area is 423 Å². The molecule has 3 heterocycles. The molecule has 2 fully saturated rings. The van der Waals surface area contributed by atoms with Crippen LogP contribution in [0.5, 0.6) is 0 Å². The molecule has 18 heteroatoms. The Morgan fingerprint density at radius 2 is 1.07 bits per heavy atom. The van der Waals surface area contributed by atoms with Crippen LogP contribution in [0.3, 0.4) is 0 Å². The number of likely N-dealkylation sites (N-methyl/N-ethyl adjacent to an activating group) is 2. The van der Waals surface area contributed by atoms with Gasteiger partial charge in [-0.25, -0.2) is 14.4 Å². The molecule has 4 aromatic carbocycles. The fourth-order valence-electron chi connectivity index (χ4n) is 7.83. The lowest BCUT2D eigenvalue weighted by Gasteiger charge is -2.32. The van der Waals surface area contributed by atoms with Crippen molar-refractivity contribution >= 4 is 93.4 Å². The Morgan fingerprint density at radius 1 is 0.667 bits per heavy atom. The molecule has 3 aliphatic heterocycles. The predicted molar refractivity (Wildman–Crippen MR) is 272 cm³/mol. The normalized spacial score (nSPS) is 15.2. The molecule has 0 spiro atoms. The lowest BCUT2D eigenvalue weighted by atomic mass is 10.0. The van der Waals surface area contributed by atoms with Crippen LogP contribution in [0.4, 0.5) is 11.4 Å². The van der Waals surface area contributed by atoms with Gasteiger partial charge >= 0.3 is 17.9 Å². The molecule has 0 saturated carbocycles. The molecule has 3 aliphatic rings. The summed E-state index contributed by atoms with van der Waals surface area (Å²) in [5, 5.41) is 12.6. The van der Waals surface area contributed by atoms with Crippen LogP contribution in [0.2, 0.25) is 20.1 Å². The van der Waals surface area contributed by atoms with E-state index in [-0.39, 0.29) is 54.2 Å². The van der Waals surface area contributed by atoms with E-state index in [1.54, 1.807) is 30.1 Å². The van der Waals surface area contributed by atoms with E-state index in [4.69, 9.17) is 57.2 Å². The van der Waals surface area contributed by atoms with Crippen LogP contribution < -0.4 is 11.1 Å². The molecule has 0 radical (unpaired) electrons. The maximum Gasteiger partial charge on any atom is 0.338 e. The average Bonchev–Trinajstić information content (AvgIpc) is 4.12. The van der Waals surface area contributed by atoms with Crippen LogP contribution in [0.25, 0.3) is 0 Å². The van der Waals surface area contributed by atoms with Gasteiger partial charge in [-0.2, -0.15) is 0 Å².